The Balaban J connectivity index is 1.72. The van der Waals surface area contributed by atoms with Gasteiger partial charge in [0.2, 0.25) is 0 Å². The van der Waals surface area contributed by atoms with Gasteiger partial charge < -0.3 is 14.8 Å². The summed E-state index contributed by atoms with van der Waals surface area (Å²) in [6.07, 6.45) is 6.06. The van der Waals surface area contributed by atoms with Crippen molar-refractivity contribution in [3.8, 4) is 0 Å². The van der Waals surface area contributed by atoms with Gasteiger partial charge in [-0.3, -0.25) is 0 Å². The van der Waals surface area contributed by atoms with Crippen LogP contribution in [-0.4, -0.2) is 38.5 Å². The van der Waals surface area contributed by atoms with Crippen molar-refractivity contribution in [1.82, 2.24) is 10.3 Å². The fourth-order valence-corrected chi connectivity index (χ4v) is 4.47. The first-order chi connectivity index (χ1) is 9.88. The Morgan fingerprint density at radius 1 is 1.45 bits per heavy atom. The molecule has 20 heavy (non-hydrogen) atoms. The molecule has 1 aromatic heterocycles. The molecule has 2 aliphatic rings. The van der Waals surface area contributed by atoms with Gasteiger partial charge >= 0.3 is 0 Å². The molecule has 1 N–H and O–H groups in total. The lowest BCUT2D eigenvalue weighted by molar-refractivity contribution is 0.0377. The first-order valence-corrected chi connectivity index (χ1v) is 8.48. The number of nitrogens with one attached hydrogen (secondary N) is 1. The minimum absolute atomic E-state index is 0.334. The number of fused-ring (bicyclic) bond motifs is 1. The second-order valence-electron chi connectivity index (χ2n) is 5.68. The fraction of sp³-hybridized carbons (Fsp3) is 0.800. The number of aromatic nitrogens is 1. The average Bonchev–Trinajstić information content (AvgIpc) is 3.06. The largest absolute Gasteiger partial charge is 0.383 e. The second-order valence-corrected chi connectivity index (χ2v) is 6.79. The van der Waals surface area contributed by atoms with Gasteiger partial charge in [-0.1, -0.05) is 0 Å². The van der Waals surface area contributed by atoms with Crippen molar-refractivity contribution in [2.24, 2.45) is 5.92 Å². The monoisotopic (exact) mass is 296 g/mol. The van der Waals surface area contributed by atoms with Crippen molar-refractivity contribution < 1.29 is 9.47 Å². The number of rotatable bonds is 6. The van der Waals surface area contributed by atoms with E-state index >= 15 is 0 Å². The van der Waals surface area contributed by atoms with Crippen LogP contribution in [0.15, 0.2) is 0 Å². The van der Waals surface area contributed by atoms with Gasteiger partial charge in [0, 0.05) is 31.1 Å². The summed E-state index contributed by atoms with van der Waals surface area (Å²) in [4.78, 5) is 6.41. The molecule has 2 heterocycles. The first kappa shape index (κ1) is 14.4. The molecule has 1 aromatic rings. The smallest absolute Gasteiger partial charge is 0.110 e. The van der Waals surface area contributed by atoms with Crippen LogP contribution in [0.25, 0.3) is 0 Å². The van der Waals surface area contributed by atoms with E-state index in [-0.39, 0.29) is 0 Å². The molecule has 1 aliphatic carbocycles. The molecule has 1 saturated heterocycles. The third-order valence-corrected chi connectivity index (χ3v) is 5.46. The molecule has 2 unspecified atom stereocenters. The molecule has 0 bridgehead atoms. The molecule has 1 fully saturated rings. The Kier molecular flexibility index (Phi) is 5.04. The number of nitrogens with zero attached hydrogens (tertiary/aromatic N) is 1. The van der Waals surface area contributed by atoms with E-state index in [1.807, 2.05) is 11.3 Å². The van der Waals surface area contributed by atoms with Gasteiger partial charge in [-0.25, -0.2) is 4.98 Å². The maximum absolute atomic E-state index is 5.67. The van der Waals surface area contributed by atoms with Crippen molar-refractivity contribution in [3.05, 3.63) is 15.6 Å². The first-order valence-electron chi connectivity index (χ1n) is 7.67. The number of thiazole rings is 1. The van der Waals surface area contributed by atoms with E-state index in [4.69, 9.17) is 14.5 Å². The van der Waals surface area contributed by atoms with Gasteiger partial charge in [-0.15, -0.1) is 11.3 Å². The molecule has 5 heteroatoms. The summed E-state index contributed by atoms with van der Waals surface area (Å²) in [7, 11) is 1.75. The predicted molar refractivity (Wildman–Crippen MR) is 80.3 cm³/mol. The van der Waals surface area contributed by atoms with Gasteiger partial charge in [-0.05, 0) is 32.1 Å². The minimum Gasteiger partial charge on any atom is -0.383 e. The summed E-state index contributed by atoms with van der Waals surface area (Å²) >= 11 is 1.91. The zero-order chi connectivity index (χ0) is 13.8. The Morgan fingerprint density at radius 3 is 3.15 bits per heavy atom. The van der Waals surface area contributed by atoms with Gasteiger partial charge in [0.25, 0.3) is 0 Å². The van der Waals surface area contributed by atoms with E-state index in [1.54, 1.807) is 7.11 Å². The number of hydrogen-bond acceptors (Lipinski definition) is 5. The highest BCUT2D eigenvalue weighted by Gasteiger charge is 2.29. The van der Waals surface area contributed by atoms with Gasteiger partial charge in [0.15, 0.2) is 0 Å². The van der Waals surface area contributed by atoms with E-state index in [0.717, 1.165) is 39.2 Å². The molecule has 0 amide bonds. The number of aryl methyl sites for hydroxylation is 2. The van der Waals surface area contributed by atoms with Crippen LogP contribution in [0.3, 0.4) is 0 Å². The minimum atomic E-state index is 0.334. The van der Waals surface area contributed by atoms with Crippen molar-refractivity contribution >= 4 is 11.3 Å². The summed E-state index contributed by atoms with van der Waals surface area (Å²) in [5.41, 5.74) is 1.35. The van der Waals surface area contributed by atoms with E-state index in [2.05, 4.69) is 5.32 Å². The van der Waals surface area contributed by atoms with Gasteiger partial charge in [0.1, 0.15) is 5.01 Å². The molecular weight excluding hydrogens is 272 g/mol. The summed E-state index contributed by atoms with van der Waals surface area (Å²) in [6.45, 7) is 3.39. The van der Waals surface area contributed by atoms with Crippen molar-refractivity contribution in [1.29, 1.82) is 0 Å². The zero-order valence-corrected chi connectivity index (χ0v) is 13.0. The third-order valence-electron chi connectivity index (χ3n) is 4.22. The van der Waals surface area contributed by atoms with Crippen LogP contribution >= 0.6 is 11.3 Å². The van der Waals surface area contributed by atoms with Crippen molar-refractivity contribution in [3.63, 3.8) is 0 Å². The SMILES string of the molecule is COCCNC(c1nc2c(s1)CCC2)C1CCCOC1. The Bertz CT molecular complexity index is 408. The summed E-state index contributed by atoms with van der Waals surface area (Å²) in [5, 5.41) is 4.90. The van der Waals surface area contributed by atoms with Crippen LogP contribution in [0.1, 0.15) is 40.9 Å². The van der Waals surface area contributed by atoms with Crippen LogP contribution < -0.4 is 5.32 Å². The molecule has 0 aromatic carbocycles. The highest BCUT2D eigenvalue weighted by atomic mass is 32.1. The van der Waals surface area contributed by atoms with Gasteiger partial charge in [0.05, 0.1) is 24.9 Å². The molecular formula is C15H24N2O2S. The predicted octanol–water partition coefficient (Wildman–Crippen LogP) is 2.34. The molecule has 2 atom stereocenters. The molecule has 1 aliphatic heterocycles. The lowest BCUT2D eigenvalue weighted by atomic mass is 9.94. The van der Waals surface area contributed by atoms with Crippen LogP contribution in [0.4, 0.5) is 0 Å². The molecule has 112 valence electrons. The number of ether oxygens (including phenoxy) is 2. The van der Waals surface area contributed by atoms with Crippen molar-refractivity contribution in [2.75, 3.05) is 33.5 Å². The lowest BCUT2D eigenvalue weighted by Gasteiger charge is -2.29. The Hall–Kier alpha value is -0.490. The number of hydrogen-bond donors (Lipinski definition) is 1. The quantitative estimate of drug-likeness (QED) is 0.818. The highest BCUT2D eigenvalue weighted by Crippen LogP contribution is 2.35. The van der Waals surface area contributed by atoms with Crippen molar-refractivity contribution in [2.45, 2.75) is 38.1 Å². The number of methoxy groups -OCH3 is 1. The lowest BCUT2D eigenvalue weighted by Crippen LogP contribution is -2.35. The van der Waals surface area contributed by atoms with E-state index in [9.17, 15) is 0 Å². The fourth-order valence-electron chi connectivity index (χ4n) is 3.14. The topological polar surface area (TPSA) is 43.4 Å². The maximum atomic E-state index is 5.67. The Labute approximate surface area is 124 Å². The highest BCUT2D eigenvalue weighted by molar-refractivity contribution is 7.11. The standard InChI is InChI=1S/C15H24N2O2S/c1-18-9-7-16-14(11-4-3-8-19-10-11)15-17-12-5-2-6-13(12)20-15/h11,14,16H,2-10H2,1H3. The summed E-state index contributed by atoms with van der Waals surface area (Å²) < 4.78 is 10.8. The summed E-state index contributed by atoms with van der Waals surface area (Å²) in [5.74, 6) is 0.548. The molecule has 0 spiro atoms. The van der Waals surface area contributed by atoms with E-state index < -0.39 is 0 Å². The molecule has 3 rings (SSSR count). The Morgan fingerprint density at radius 2 is 2.40 bits per heavy atom. The normalized spacial score (nSPS) is 23.8. The van der Waals surface area contributed by atoms with Crippen LogP contribution in [0, 0.1) is 5.92 Å². The van der Waals surface area contributed by atoms with Crippen LogP contribution in [0.2, 0.25) is 0 Å². The zero-order valence-electron chi connectivity index (χ0n) is 12.2. The van der Waals surface area contributed by atoms with E-state index in [1.165, 1.54) is 34.8 Å². The van der Waals surface area contributed by atoms with E-state index in [0.29, 0.717) is 12.0 Å². The molecule has 4 nitrogen and oxygen atoms in total. The summed E-state index contributed by atoms with van der Waals surface area (Å²) in [6, 6.07) is 0.334. The maximum Gasteiger partial charge on any atom is 0.110 e. The molecule has 0 radical (unpaired) electrons. The van der Waals surface area contributed by atoms with Crippen LogP contribution in [0.5, 0.6) is 0 Å². The second kappa shape index (κ2) is 6.98. The average molecular weight is 296 g/mol. The third kappa shape index (κ3) is 3.22. The molecule has 0 saturated carbocycles. The van der Waals surface area contributed by atoms with Gasteiger partial charge in [-0.2, -0.15) is 0 Å². The van der Waals surface area contributed by atoms with Crippen LogP contribution in [-0.2, 0) is 22.3 Å².